The van der Waals surface area contributed by atoms with E-state index in [0.717, 1.165) is 23.5 Å². The van der Waals surface area contributed by atoms with Gasteiger partial charge in [0.1, 0.15) is 0 Å². The van der Waals surface area contributed by atoms with Gasteiger partial charge < -0.3 is 10.3 Å². The van der Waals surface area contributed by atoms with Crippen molar-refractivity contribution in [1.29, 1.82) is 0 Å². The highest BCUT2D eigenvalue weighted by atomic mass is 15.1. The molecule has 1 aliphatic carbocycles. The molecule has 2 aromatic rings. The summed E-state index contributed by atoms with van der Waals surface area (Å²) in [4.78, 5) is 7.85. The van der Waals surface area contributed by atoms with Crippen molar-refractivity contribution in [2.24, 2.45) is 5.41 Å². The highest BCUT2D eigenvalue weighted by Gasteiger charge is 2.28. The van der Waals surface area contributed by atoms with E-state index in [1.807, 2.05) is 18.2 Å². The average Bonchev–Trinajstić information content (AvgIpc) is 2.93. The molecule has 0 bridgehead atoms. The largest absolute Gasteiger partial charge is 0.355 e. The summed E-state index contributed by atoms with van der Waals surface area (Å²) in [5, 5.41) is 3.45. The maximum absolute atomic E-state index is 4.54. The van der Waals surface area contributed by atoms with Gasteiger partial charge in [0.05, 0.1) is 11.0 Å². The van der Waals surface area contributed by atoms with Crippen molar-refractivity contribution >= 4 is 17.0 Å². The zero-order valence-corrected chi connectivity index (χ0v) is 10.3. The molecule has 0 atom stereocenters. The quantitative estimate of drug-likeness (QED) is 0.845. The molecule has 2 N–H and O–H groups in total. The van der Waals surface area contributed by atoms with Crippen LogP contribution in [-0.2, 0) is 0 Å². The molecule has 0 unspecified atom stereocenters. The summed E-state index contributed by atoms with van der Waals surface area (Å²) < 4.78 is 0. The summed E-state index contributed by atoms with van der Waals surface area (Å²) >= 11 is 0. The number of hydrogen-bond acceptors (Lipinski definition) is 2. The van der Waals surface area contributed by atoms with Crippen molar-refractivity contribution in [3.63, 3.8) is 0 Å². The first-order valence-electron chi connectivity index (χ1n) is 6.44. The number of nitrogens with zero attached hydrogens (tertiary/aromatic N) is 1. The number of anilines is 1. The maximum Gasteiger partial charge on any atom is 0.201 e. The van der Waals surface area contributed by atoms with Crippen LogP contribution in [0.1, 0.15) is 32.6 Å². The van der Waals surface area contributed by atoms with E-state index in [9.17, 15) is 0 Å². The molecule has 17 heavy (non-hydrogen) atoms. The van der Waals surface area contributed by atoms with Crippen LogP contribution in [0.4, 0.5) is 5.95 Å². The number of benzene rings is 1. The second-order valence-corrected chi connectivity index (χ2v) is 5.47. The van der Waals surface area contributed by atoms with E-state index in [1.54, 1.807) is 0 Å². The van der Waals surface area contributed by atoms with Crippen molar-refractivity contribution in [3.05, 3.63) is 24.3 Å². The van der Waals surface area contributed by atoms with Crippen molar-refractivity contribution in [2.75, 3.05) is 11.9 Å². The van der Waals surface area contributed by atoms with Crippen LogP contribution in [0.15, 0.2) is 24.3 Å². The smallest absolute Gasteiger partial charge is 0.201 e. The van der Waals surface area contributed by atoms with Crippen LogP contribution in [0.2, 0.25) is 0 Å². The Bertz CT molecular complexity index is 476. The summed E-state index contributed by atoms with van der Waals surface area (Å²) in [5.41, 5.74) is 2.59. The van der Waals surface area contributed by atoms with E-state index < -0.39 is 0 Å². The molecule has 1 saturated carbocycles. The van der Waals surface area contributed by atoms with Crippen LogP contribution < -0.4 is 5.32 Å². The van der Waals surface area contributed by atoms with Crippen molar-refractivity contribution in [3.8, 4) is 0 Å². The molecular weight excluding hydrogens is 210 g/mol. The normalized spacial score (nSPS) is 18.6. The fourth-order valence-electron chi connectivity index (χ4n) is 2.74. The zero-order valence-electron chi connectivity index (χ0n) is 10.3. The molecule has 1 aromatic carbocycles. The van der Waals surface area contributed by atoms with Crippen molar-refractivity contribution in [2.45, 2.75) is 32.6 Å². The molecule has 3 heteroatoms. The van der Waals surface area contributed by atoms with Gasteiger partial charge >= 0.3 is 0 Å². The fourth-order valence-corrected chi connectivity index (χ4v) is 2.74. The number of fused-ring (bicyclic) bond motifs is 1. The lowest BCUT2D eigenvalue weighted by Crippen LogP contribution is -2.23. The van der Waals surface area contributed by atoms with E-state index >= 15 is 0 Å². The van der Waals surface area contributed by atoms with Crippen LogP contribution >= 0.6 is 0 Å². The number of aromatic amines is 1. The zero-order chi connectivity index (χ0) is 11.7. The molecule has 0 radical (unpaired) electrons. The van der Waals surface area contributed by atoms with E-state index in [4.69, 9.17) is 0 Å². The Kier molecular flexibility index (Phi) is 2.54. The van der Waals surface area contributed by atoms with Crippen LogP contribution in [0.3, 0.4) is 0 Å². The number of H-pyrrole nitrogens is 1. The second-order valence-electron chi connectivity index (χ2n) is 5.47. The average molecular weight is 229 g/mol. The number of imidazole rings is 1. The van der Waals surface area contributed by atoms with Gasteiger partial charge in [-0.3, -0.25) is 0 Å². The highest BCUT2D eigenvalue weighted by molar-refractivity contribution is 5.77. The molecule has 0 aliphatic heterocycles. The van der Waals surface area contributed by atoms with E-state index in [-0.39, 0.29) is 0 Å². The number of nitrogens with one attached hydrogen (secondary N) is 2. The number of hydrogen-bond donors (Lipinski definition) is 2. The third kappa shape index (κ3) is 2.14. The molecule has 1 fully saturated rings. The Hall–Kier alpha value is -1.51. The van der Waals surface area contributed by atoms with Crippen molar-refractivity contribution in [1.82, 2.24) is 9.97 Å². The third-order valence-corrected chi connectivity index (χ3v) is 3.88. The molecule has 3 nitrogen and oxygen atoms in total. The van der Waals surface area contributed by atoms with Gasteiger partial charge in [-0.15, -0.1) is 0 Å². The number of rotatable bonds is 3. The molecule has 90 valence electrons. The molecule has 0 amide bonds. The predicted molar refractivity (Wildman–Crippen MR) is 71.2 cm³/mol. The van der Waals surface area contributed by atoms with Crippen LogP contribution in [-0.4, -0.2) is 16.5 Å². The first-order valence-corrected chi connectivity index (χ1v) is 6.44. The summed E-state index contributed by atoms with van der Waals surface area (Å²) in [6.07, 6.45) is 5.41. The lowest BCUT2D eigenvalue weighted by molar-refractivity contribution is 0.361. The fraction of sp³-hybridized carbons (Fsp3) is 0.500. The first-order chi connectivity index (χ1) is 8.25. The summed E-state index contributed by atoms with van der Waals surface area (Å²) in [6, 6.07) is 8.15. The molecule has 0 spiro atoms. The topological polar surface area (TPSA) is 40.7 Å². The summed E-state index contributed by atoms with van der Waals surface area (Å²) in [7, 11) is 0. The first kappa shape index (κ1) is 10.6. The van der Waals surface area contributed by atoms with Crippen LogP contribution in [0, 0.1) is 5.41 Å². The summed E-state index contributed by atoms with van der Waals surface area (Å²) in [5.74, 6) is 0.902. The van der Waals surface area contributed by atoms with E-state index in [0.29, 0.717) is 5.41 Å². The Morgan fingerprint density at radius 2 is 2.06 bits per heavy atom. The predicted octanol–water partition coefficient (Wildman–Crippen LogP) is 3.56. The minimum Gasteiger partial charge on any atom is -0.355 e. The van der Waals surface area contributed by atoms with Gasteiger partial charge in [-0.2, -0.15) is 0 Å². The van der Waals surface area contributed by atoms with Gasteiger partial charge in [0.25, 0.3) is 0 Å². The van der Waals surface area contributed by atoms with E-state index in [2.05, 4.69) is 28.3 Å². The Morgan fingerprint density at radius 3 is 2.82 bits per heavy atom. The van der Waals surface area contributed by atoms with Crippen LogP contribution in [0.5, 0.6) is 0 Å². The molecule has 0 saturated heterocycles. The van der Waals surface area contributed by atoms with Gasteiger partial charge in [0.15, 0.2) is 0 Å². The van der Waals surface area contributed by atoms with Gasteiger partial charge in [-0.05, 0) is 30.4 Å². The molecule has 3 rings (SSSR count). The molecular formula is C14H19N3. The Morgan fingerprint density at radius 1 is 1.29 bits per heavy atom. The van der Waals surface area contributed by atoms with Crippen LogP contribution in [0.25, 0.3) is 11.0 Å². The molecule has 1 aliphatic rings. The maximum atomic E-state index is 4.54. The van der Waals surface area contributed by atoms with Crippen molar-refractivity contribution < 1.29 is 0 Å². The second kappa shape index (κ2) is 4.06. The molecule has 1 heterocycles. The summed E-state index contributed by atoms with van der Waals surface area (Å²) in [6.45, 7) is 3.39. The lowest BCUT2D eigenvalue weighted by Gasteiger charge is -2.23. The highest BCUT2D eigenvalue weighted by Crippen LogP contribution is 2.37. The van der Waals surface area contributed by atoms with E-state index in [1.165, 1.54) is 25.7 Å². The number of para-hydroxylation sites is 2. The molecule has 1 aromatic heterocycles. The Balaban J connectivity index is 1.72. The standard InChI is InChI=1S/C14H19N3/c1-14(8-4-5-9-14)10-15-13-16-11-6-2-3-7-12(11)17-13/h2-3,6-7H,4-5,8-10H2,1H3,(H2,15,16,17). The SMILES string of the molecule is CC1(CNc2nc3ccccc3[nH]2)CCCC1. The minimum atomic E-state index is 0.457. The van der Waals surface area contributed by atoms with Gasteiger partial charge in [0.2, 0.25) is 5.95 Å². The van der Waals surface area contributed by atoms with Gasteiger partial charge in [0, 0.05) is 6.54 Å². The van der Waals surface area contributed by atoms with Gasteiger partial charge in [-0.1, -0.05) is 31.9 Å². The third-order valence-electron chi connectivity index (χ3n) is 3.88. The van der Waals surface area contributed by atoms with Gasteiger partial charge in [-0.25, -0.2) is 4.98 Å². The minimum absolute atomic E-state index is 0.457. The number of aromatic nitrogens is 2. The monoisotopic (exact) mass is 229 g/mol. The lowest BCUT2D eigenvalue weighted by atomic mass is 9.89. The Labute approximate surface area is 102 Å².